The molecule has 2 rings (SSSR count). The largest absolute Gasteiger partial charge is 0.458 e. The highest BCUT2D eigenvalue weighted by Crippen LogP contribution is 2.20. The SMILES string of the molecule is Bc1ccc(N2CCC(OCC(=O)OC(C)(C)C)CC2)cc1. The van der Waals surface area contributed by atoms with Crippen LogP contribution in [0.3, 0.4) is 0 Å². The van der Waals surface area contributed by atoms with Crippen molar-refractivity contribution in [3.63, 3.8) is 0 Å². The van der Waals surface area contributed by atoms with Crippen LogP contribution in [0.25, 0.3) is 0 Å². The normalized spacial score (nSPS) is 16.6. The van der Waals surface area contributed by atoms with Crippen LogP contribution in [0.1, 0.15) is 33.6 Å². The van der Waals surface area contributed by atoms with E-state index in [9.17, 15) is 4.79 Å². The van der Waals surface area contributed by atoms with Crippen LogP contribution in [0.4, 0.5) is 5.69 Å². The minimum absolute atomic E-state index is 0.0481. The van der Waals surface area contributed by atoms with E-state index in [2.05, 4.69) is 37.0 Å². The van der Waals surface area contributed by atoms with Crippen molar-refractivity contribution in [3.8, 4) is 0 Å². The molecule has 0 saturated carbocycles. The molecule has 0 atom stereocenters. The number of benzene rings is 1. The van der Waals surface area contributed by atoms with Gasteiger partial charge < -0.3 is 14.4 Å². The smallest absolute Gasteiger partial charge is 0.332 e. The summed E-state index contributed by atoms with van der Waals surface area (Å²) in [5.41, 5.74) is 2.09. The fourth-order valence-corrected chi connectivity index (χ4v) is 2.59. The zero-order valence-electron chi connectivity index (χ0n) is 14.1. The lowest BCUT2D eigenvalue weighted by Crippen LogP contribution is -2.38. The second kappa shape index (κ2) is 7.18. The summed E-state index contributed by atoms with van der Waals surface area (Å²) < 4.78 is 10.9. The topological polar surface area (TPSA) is 38.8 Å². The quantitative estimate of drug-likeness (QED) is 0.620. The summed E-state index contributed by atoms with van der Waals surface area (Å²) in [5.74, 6) is -0.284. The van der Waals surface area contributed by atoms with Gasteiger partial charge in [-0.15, -0.1) is 0 Å². The minimum atomic E-state index is -0.449. The van der Waals surface area contributed by atoms with E-state index in [0.29, 0.717) is 0 Å². The van der Waals surface area contributed by atoms with Crippen molar-refractivity contribution in [3.05, 3.63) is 24.3 Å². The lowest BCUT2D eigenvalue weighted by molar-refractivity contribution is -0.162. The van der Waals surface area contributed by atoms with E-state index in [4.69, 9.17) is 9.47 Å². The van der Waals surface area contributed by atoms with Gasteiger partial charge in [0.15, 0.2) is 0 Å². The van der Waals surface area contributed by atoms with Crippen LogP contribution in [-0.2, 0) is 14.3 Å². The molecule has 0 spiro atoms. The minimum Gasteiger partial charge on any atom is -0.458 e. The number of piperidine rings is 1. The van der Waals surface area contributed by atoms with Crippen molar-refractivity contribution in [2.75, 3.05) is 24.6 Å². The second-order valence-corrected chi connectivity index (χ2v) is 6.92. The van der Waals surface area contributed by atoms with Crippen LogP contribution in [0.2, 0.25) is 0 Å². The molecule has 1 aromatic rings. The summed E-state index contributed by atoms with van der Waals surface area (Å²) in [6.45, 7) is 7.57. The van der Waals surface area contributed by atoms with Crippen molar-refractivity contribution < 1.29 is 14.3 Å². The van der Waals surface area contributed by atoms with Crippen LogP contribution in [0.5, 0.6) is 0 Å². The molecule has 0 aromatic heterocycles. The number of rotatable bonds is 4. The lowest BCUT2D eigenvalue weighted by Gasteiger charge is -2.33. The maximum absolute atomic E-state index is 11.7. The van der Waals surface area contributed by atoms with Gasteiger partial charge in [-0.2, -0.15) is 0 Å². The molecule has 1 saturated heterocycles. The number of ether oxygens (including phenoxy) is 2. The van der Waals surface area contributed by atoms with Crippen molar-refractivity contribution in [2.45, 2.75) is 45.3 Å². The average Bonchev–Trinajstić information content (AvgIpc) is 2.45. The van der Waals surface area contributed by atoms with Crippen LogP contribution >= 0.6 is 0 Å². The van der Waals surface area contributed by atoms with Gasteiger partial charge >= 0.3 is 5.97 Å². The van der Waals surface area contributed by atoms with Gasteiger partial charge in [0.25, 0.3) is 0 Å². The molecule has 1 heterocycles. The summed E-state index contributed by atoms with van der Waals surface area (Å²) in [6.07, 6.45) is 2.03. The zero-order chi connectivity index (χ0) is 16.2. The van der Waals surface area contributed by atoms with Crippen LogP contribution in [0, 0.1) is 0 Å². The van der Waals surface area contributed by atoms with Gasteiger partial charge in [0, 0.05) is 18.8 Å². The van der Waals surface area contributed by atoms with E-state index in [1.165, 1.54) is 11.2 Å². The second-order valence-electron chi connectivity index (χ2n) is 6.92. The van der Waals surface area contributed by atoms with Crippen molar-refractivity contribution in [1.82, 2.24) is 0 Å². The molecule has 1 fully saturated rings. The third kappa shape index (κ3) is 5.37. The van der Waals surface area contributed by atoms with Gasteiger partial charge in [-0.1, -0.05) is 17.6 Å². The van der Waals surface area contributed by atoms with E-state index < -0.39 is 5.60 Å². The summed E-state index contributed by atoms with van der Waals surface area (Å²) >= 11 is 0. The monoisotopic (exact) mass is 303 g/mol. The maximum Gasteiger partial charge on any atom is 0.332 e. The zero-order valence-corrected chi connectivity index (χ0v) is 14.1. The Bertz CT molecular complexity index is 488. The van der Waals surface area contributed by atoms with Gasteiger partial charge in [-0.05, 0) is 45.7 Å². The number of anilines is 1. The van der Waals surface area contributed by atoms with Gasteiger partial charge in [0.2, 0.25) is 0 Å². The first kappa shape index (κ1) is 16.9. The highest BCUT2D eigenvalue weighted by Gasteiger charge is 2.22. The number of hydrogen-bond donors (Lipinski definition) is 0. The van der Waals surface area contributed by atoms with Crippen molar-refractivity contribution in [2.24, 2.45) is 0 Å². The van der Waals surface area contributed by atoms with E-state index >= 15 is 0 Å². The van der Waals surface area contributed by atoms with E-state index in [0.717, 1.165) is 25.9 Å². The third-order valence-corrected chi connectivity index (χ3v) is 3.70. The highest BCUT2D eigenvalue weighted by molar-refractivity contribution is 6.32. The Morgan fingerprint density at radius 2 is 1.82 bits per heavy atom. The molecule has 1 aliphatic heterocycles. The number of esters is 1. The predicted octanol–water partition coefficient (Wildman–Crippen LogP) is 1.27. The summed E-state index contributed by atoms with van der Waals surface area (Å²) in [6, 6.07) is 8.61. The van der Waals surface area contributed by atoms with Gasteiger partial charge in [-0.25, -0.2) is 4.79 Å². The molecule has 0 radical (unpaired) electrons. The van der Waals surface area contributed by atoms with E-state index in [1.807, 2.05) is 20.8 Å². The van der Waals surface area contributed by atoms with Crippen LogP contribution in [0.15, 0.2) is 24.3 Å². The van der Waals surface area contributed by atoms with Crippen LogP contribution < -0.4 is 10.4 Å². The molecule has 0 amide bonds. The summed E-state index contributed by atoms with van der Waals surface area (Å²) in [5, 5.41) is 0. The molecule has 0 unspecified atom stereocenters. The Hall–Kier alpha value is -1.49. The molecule has 22 heavy (non-hydrogen) atoms. The Morgan fingerprint density at radius 3 is 2.36 bits per heavy atom. The average molecular weight is 303 g/mol. The van der Waals surface area contributed by atoms with Crippen LogP contribution in [-0.4, -0.2) is 45.2 Å². The molecule has 0 N–H and O–H groups in total. The molecular formula is C17H26BNO3. The molecule has 0 bridgehead atoms. The molecular weight excluding hydrogens is 277 g/mol. The van der Waals surface area contributed by atoms with E-state index in [1.54, 1.807) is 0 Å². The fraction of sp³-hybridized carbons (Fsp3) is 0.588. The van der Waals surface area contributed by atoms with Crippen molar-refractivity contribution >= 4 is 25.0 Å². The Balaban J connectivity index is 1.73. The Labute approximate surface area is 134 Å². The number of carbonyl (C=O) groups excluding carboxylic acids is 1. The van der Waals surface area contributed by atoms with E-state index in [-0.39, 0.29) is 18.7 Å². The molecule has 5 heteroatoms. The molecule has 4 nitrogen and oxygen atoms in total. The number of hydrogen-bond acceptors (Lipinski definition) is 4. The third-order valence-electron chi connectivity index (χ3n) is 3.70. The first-order valence-electron chi connectivity index (χ1n) is 7.98. The Morgan fingerprint density at radius 1 is 1.23 bits per heavy atom. The maximum atomic E-state index is 11.7. The van der Waals surface area contributed by atoms with Crippen molar-refractivity contribution in [1.29, 1.82) is 0 Å². The molecule has 1 aliphatic rings. The van der Waals surface area contributed by atoms with Gasteiger partial charge in [0.1, 0.15) is 20.1 Å². The Kier molecular flexibility index (Phi) is 5.51. The molecule has 1 aromatic carbocycles. The predicted molar refractivity (Wildman–Crippen MR) is 91.7 cm³/mol. The standard InChI is InChI=1S/C17H26BNO3/c1-17(2,3)22-16(20)12-21-15-8-10-19(11-9-15)14-6-4-13(18)5-7-14/h4-7,15H,8-12,18H2,1-3H3. The molecule has 0 aliphatic carbocycles. The first-order valence-corrected chi connectivity index (χ1v) is 7.98. The van der Waals surface area contributed by atoms with Gasteiger partial charge in [-0.3, -0.25) is 0 Å². The lowest BCUT2D eigenvalue weighted by atomic mass is 9.96. The van der Waals surface area contributed by atoms with Gasteiger partial charge in [0.05, 0.1) is 6.10 Å². The summed E-state index contributed by atoms with van der Waals surface area (Å²) in [4.78, 5) is 14.0. The fourth-order valence-electron chi connectivity index (χ4n) is 2.59. The number of carbonyl (C=O) groups is 1. The molecule has 120 valence electrons. The summed E-state index contributed by atoms with van der Waals surface area (Å²) in [7, 11) is 2.10. The number of nitrogens with zero attached hydrogens (tertiary/aromatic N) is 1. The highest BCUT2D eigenvalue weighted by atomic mass is 16.6. The first-order chi connectivity index (χ1) is 10.3.